The predicted octanol–water partition coefficient (Wildman–Crippen LogP) is 0.501. The van der Waals surface area contributed by atoms with E-state index in [1.165, 1.54) is 7.11 Å². The van der Waals surface area contributed by atoms with E-state index in [1.807, 2.05) is 24.3 Å². The molecule has 110 valence electrons. The maximum absolute atomic E-state index is 11.4. The van der Waals surface area contributed by atoms with Gasteiger partial charge in [0.1, 0.15) is 6.04 Å². The molecule has 0 radical (unpaired) electrons. The molecule has 1 aromatic heterocycles. The molecular weight excluding hydrogens is 272 g/mol. The van der Waals surface area contributed by atoms with Crippen LogP contribution in [0.3, 0.4) is 0 Å². The van der Waals surface area contributed by atoms with Gasteiger partial charge in [-0.2, -0.15) is 0 Å². The number of carboxylic acid groups (broad SMARTS) is 1. The van der Waals surface area contributed by atoms with Crippen LogP contribution in [0.15, 0.2) is 24.3 Å². The molecule has 0 aliphatic carbocycles. The van der Waals surface area contributed by atoms with E-state index in [0.717, 1.165) is 11.0 Å². The standard InChI is InChI=1S/C14H16N4O3/c1-21-13-12(16-9-4-2-3-5-10(9)17-13)18-7-6-15-8-11(18)14(19)20/h2-5,11,15H,6-8H2,1H3,(H,19,20)/t11-/m1/s1. The largest absolute Gasteiger partial charge is 0.480 e. The quantitative estimate of drug-likeness (QED) is 0.850. The van der Waals surface area contributed by atoms with Gasteiger partial charge in [0.2, 0.25) is 0 Å². The molecule has 1 saturated heterocycles. The monoisotopic (exact) mass is 288 g/mol. The Balaban J connectivity index is 2.10. The minimum Gasteiger partial charge on any atom is -0.480 e. The average molecular weight is 288 g/mol. The summed E-state index contributed by atoms with van der Waals surface area (Å²) >= 11 is 0. The fourth-order valence-electron chi connectivity index (χ4n) is 2.48. The molecule has 1 fully saturated rings. The Labute approximate surface area is 121 Å². The van der Waals surface area contributed by atoms with Crippen molar-refractivity contribution >= 4 is 22.8 Å². The molecule has 0 amide bonds. The highest BCUT2D eigenvalue weighted by molar-refractivity contribution is 5.82. The second-order valence-corrected chi connectivity index (χ2v) is 4.80. The molecule has 2 N–H and O–H groups in total. The van der Waals surface area contributed by atoms with Gasteiger partial charge in [-0.3, -0.25) is 0 Å². The van der Waals surface area contributed by atoms with Crippen LogP contribution in [0.1, 0.15) is 0 Å². The first-order valence-electron chi connectivity index (χ1n) is 6.71. The summed E-state index contributed by atoms with van der Waals surface area (Å²) in [5.41, 5.74) is 1.44. The zero-order valence-electron chi connectivity index (χ0n) is 11.6. The summed E-state index contributed by atoms with van der Waals surface area (Å²) in [6.07, 6.45) is 0. The fraction of sp³-hybridized carbons (Fsp3) is 0.357. The highest BCUT2D eigenvalue weighted by Gasteiger charge is 2.31. The molecule has 7 heteroatoms. The number of carbonyl (C=O) groups is 1. The zero-order valence-corrected chi connectivity index (χ0v) is 11.6. The Morgan fingerprint density at radius 3 is 2.76 bits per heavy atom. The lowest BCUT2D eigenvalue weighted by molar-refractivity contribution is -0.138. The van der Waals surface area contributed by atoms with E-state index in [2.05, 4.69) is 15.3 Å². The van der Waals surface area contributed by atoms with Crippen LogP contribution in [0.2, 0.25) is 0 Å². The molecule has 1 aliphatic rings. The van der Waals surface area contributed by atoms with Crippen molar-refractivity contribution in [3.63, 3.8) is 0 Å². The van der Waals surface area contributed by atoms with Crippen LogP contribution in [0.4, 0.5) is 5.82 Å². The molecule has 3 rings (SSSR count). The maximum Gasteiger partial charge on any atom is 0.327 e. The fourth-order valence-corrected chi connectivity index (χ4v) is 2.48. The van der Waals surface area contributed by atoms with Gasteiger partial charge in [0.15, 0.2) is 5.82 Å². The highest BCUT2D eigenvalue weighted by atomic mass is 16.5. The molecular formula is C14H16N4O3. The Bertz CT molecular complexity index is 676. The first kappa shape index (κ1) is 13.6. The van der Waals surface area contributed by atoms with Gasteiger partial charge in [-0.05, 0) is 12.1 Å². The van der Waals surface area contributed by atoms with Crippen molar-refractivity contribution in [2.45, 2.75) is 6.04 Å². The van der Waals surface area contributed by atoms with E-state index in [4.69, 9.17) is 4.74 Å². The number of nitrogens with one attached hydrogen (secondary N) is 1. The topological polar surface area (TPSA) is 87.6 Å². The van der Waals surface area contributed by atoms with Crippen molar-refractivity contribution in [3.8, 4) is 5.88 Å². The van der Waals surface area contributed by atoms with Gasteiger partial charge in [-0.25, -0.2) is 14.8 Å². The highest BCUT2D eigenvalue weighted by Crippen LogP contribution is 2.28. The first-order valence-corrected chi connectivity index (χ1v) is 6.71. The predicted molar refractivity (Wildman–Crippen MR) is 77.7 cm³/mol. The van der Waals surface area contributed by atoms with Crippen molar-refractivity contribution < 1.29 is 14.6 Å². The number of anilines is 1. The van der Waals surface area contributed by atoms with Crippen LogP contribution >= 0.6 is 0 Å². The van der Waals surface area contributed by atoms with Crippen molar-refractivity contribution in [2.24, 2.45) is 0 Å². The molecule has 0 unspecified atom stereocenters. The number of benzene rings is 1. The van der Waals surface area contributed by atoms with Gasteiger partial charge in [-0.1, -0.05) is 12.1 Å². The number of hydrogen-bond acceptors (Lipinski definition) is 6. The number of methoxy groups -OCH3 is 1. The van der Waals surface area contributed by atoms with Gasteiger partial charge in [0, 0.05) is 19.6 Å². The zero-order chi connectivity index (χ0) is 14.8. The van der Waals surface area contributed by atoms with Crippen molar-refractivity contribution in [1.29, 1.82) is 0 Å². The van der Waals surface area contributed by atoms with Gasteiger partial charge < -0.3 is 20.1 Å². The summed E-state index contributed by atoms with van der Waals surface area (Å²) in [6, 6.07) is 6.77. The van der Waals surface area contributed by atoms with Crippen LogP contribution in [0.25, 0.3) is 11.0 Å². The van der Waals surface area contributed by atoms with Gasteiger partial charge in [-0.15, -0.1) is 0 Å². The minimum absolute atomic E-state index is 0.349. The van der Waals surface area contributed by atoms with Gasteiger partial charge in [0.25, 0.3) is 5.88 Å². The summed E-state index contributed by atoms with van der Waals surface area (Å²) in [5.74, 6) is -0.0637. The number of nitrogens with zero attached hydrogens (tertiary/aromatic N) is 3. The normalized spacial score (nSPS) is 18.7. The third kappa shape index (κ3) is 2.47. The molecule has 2 heterocycles. The second-order valence-electron chi connectivity index (χ2n) is 4.80. The average Bonchev–Trinajstić information content (AvgIpc) is 2.53. The van der Waals surface area contributed by atoms with Crippen molar-refractivity contribution in [1.82, 2.24) is 15.3 Å². The van der Waals surface area contributed by atoms with Crippen molar-refractivity contribution in [3.05, 3.63) is 24.3 Å². The van der Waals surface area contributed by atoms with Gasteiger partial charge >= 0.3 is 5.97 Å². The van der Waals surface area contributed by atoms with E-state index in [1.54, 1.807) is 4.90 Å². The lowest BCUT2D eigenvalue weighted by Crippen LogP contribution is -2.55. The Hall–Kier alpha value is -2.41. The minimum atomic E-state index is -0.890. The summed E-state index contributed by atoms with van der Waals surface area (Å²) in [7, 11) is 1.51. The number of rotatable bonds is 3. The molecule has 0 saturated carbocycles. The lowest BCUT2D eigenvalue weighted by Gasteiger charge is -2.34. The molecule has 1 atom stereocenters. The summed E-state index contributed by atoms with van der Waals surface area (Å²) in [4.78, 5) is 22.1. The third-order valence-electron chi connectivity index (χ3n) is 3.52. The Morgan fingerprint density at radius 2 is 2.10 bits per heavy atom. The Kier molecular flexibility index (Phi) is 3.57. The number of piperazine rings is 1. The number of aliphatic carboxylic acids is 1. The molecule has 2 aromatic rings. The van der Waals surface area contributed by atoms with Crippen LogP contribution in [-0.2, 0) is 4.79 Å². The van der Waals surface area contributed by atoms with Crippen molar-refractivity contribution in [2.75, 3.05) is 31.6 Å². The van der Waals surface area contributed by atoms with E-state index < -0.39 is 12.0 Å². The number of ether oxygens (including phenoxy) is 1. The van der Waals surface area contributed by atoms with E-state index in [-0.39, 0.29) is 0 Å². The molecule has 7 nitrogen and oxygen atoms in total. The van der Waals surface area contributed by atoms with Gasteiger partial charge in [0.05, 0.1) is 18.1 Å². The number of fused-ring (bicyclic) bond motifs is 1. The third-order valence-corrected chi connectivity index (χ3v) is 3.52. The molecule has 0 bridgehead atoms. The molecule has 21 heavy (non-hydrogen) atoms. The summed E-state index contributed by atoms with van der Waals surface area (Å²) in [5, 5.41) is 12.5. The smallest absolute Gasteiger partial charge is 0.327 e. The molecule has 1 aliphatic heterocycles. The molecule has 0 spiro atoms. The summed E-state index contributed by atoms with van der Waals surface area (Å²) < 4.78 is 5.31. The molecule has 1 aromatic carbocycles. The number of hydrogen-bond donors (Lipinski definition) is 2. The van der Waals surface area contributed by atoms with Crippen LogP contribution in [0.5, 0.6) is 5.88 Å². The second kappa shape index (κ2) is 5.53. The maximum atomic E-state index is 11.4. The van der Waals surface area contributed by atoms with Crippen LogP contribution in [0, 0.1) is 0 Å². The van der Waals surface area contributed by atoms with E-state index in [0.29, 0.717) is 31.3 Å². The Morgan fingerprint density at radius 1 is 1.38 bits per heavy atom. The van der Waals surface area contributed by atoms with E-state index >= 15 is 0 Å². The number of para-hydroxylation sites is 2. The van der Waals surface area contributed by atoms with E-state index in [9.17, 15) is 9.90 Å². The number of aromatic nitrogens is 2. The lowest BCUT2D eigenvalue weighted by atomic mass is 10.2. The summed E-state index contributed by atoms with van der Waals surface area (Å²) in [6.45, 7) is 1.61. The van der Waals surface area contributed by atoms with Crippen LogP contribution in [-0.4, -0.2) is 53.8 Å². The SMILES string of the molecule is COc1nc2ccccc2nc1N1CCNC[C@@H]1C(=O)O. The number of carboxylic acids is 1. The first-order chi connectivity index (χ1) is 10.2. The van der Waals surface area contributed by atoms with Crippen LogP contribution < -0.4 is 15.0 Å².